The van der Waals surface area contributed by atoms with Gasteiger partial charge >= 0.3 is 0 Å². The van der Waals surface area contributed by atoms with Crippen molar-refractivity contribution >= 4 is 11.0 Å². The van der Waals surface area contributed by atoms with Gasteiger partial charge in [-0.3, -0.25) is 4.68 Å². The lowest BCUT2D eigenvalue weighted by Gasteiger charge is -2.19. The van der Waals surface area contributed by atoms with Crippen molar-refractivity contribution < 1.29 is 4.74 Å². The molecular weight excluding hydrogens is 264 g/mol. The summed E-state index contributed by atoms with van der Waals surface area (Å²) in [5.74, 6) is 1.30. The zero-order valence-electron chi connectivity index (χ0n) is 12.7. The second kappa shape index (κ2) is 4.84. The quantitative estimate of drug-likeness (QED) is 0.722. The molecule has 0 N–H and O–H groups in total. The number of nitrogens with zero attached hydrogens (tertiary/aromatic N) is 4. The van der Waals surface area contributed by atoms with E-state index < -0.39 is 0 Å². The highest BCUT2D eigenvalue weighted by molar-refractivity contribution is 5.79. The van der Waals surface area contributed by atoms with Crippen molar-refractivity contribution in [2.45, 2.75) is 26.2 Å². The summed E-state index contributed by atoms with van der Waals surface area (Å²) in [6.45, 7) is 6.53. The average Bonchev–Trinajstić information content (AvgIpc) is 2.81. The molecule has 5 nitrogen and oxygen atoms in total. The molecule has 2 heterocycles. The molecule has 0 fully saturated rings. The topological polar surface area (TPSA) is 52.8 Å². The van der Waals surface area contributed by atoms with Crippen LogP contribution in [0.3, 0.4) is 0 Å². The molecule has 0 amide bonds. The molecule has 0 aliphatic heterocycles. The van der Waals surface area contributed by atoms with Gasteiger partial charge in [-0.15, -0.1) is 0 Å². The van der Waals surface area contributed by atoms with Crippen molar-refractivity contribution in [3.63, 3.8) is 0 Å². The minimum absolute atomic E-state index is 0.0780. The molecule has 2 aromatic heterocycles. The van der Waals surface area contributed by atoms with Crippen LogP contribution in [0.4, 0.5) is 0 Å². The van der Waals surface area contributed by atoms with Gasteiger partial charge in [-0.25, -0.2) is 9.97 Å². The molecule has 0 spiro atoms. The van der Waals surface area contributed by atoms with Crippen molar-refractivity contribution in [3.8, 4) is 11.6 Å². The Balaban J connectivity index is 1.99. The van der Waals surface area contributed by atoms with E-state index in [-0.39, 0.29) is 5.41 Å². The average molecular weight is 282 g/mol. The highest BCUT2D eigenvalue weighted by Gasteiger charge is 2.15. The van der Waals surface area contributed by atoms with Crippen LogP contribution < -0.4 is 4.74 Å². The maximum atomic E-state index is 5.94. The molecule has 0 radical (unpaired) electrons. The second-order valence-electron chi connectivity index (χ2n) is 6.06. The fourth-order valence-corrected chi connectivity index (χ4v) is 2.16. The zero-order chi connectivity index (χ0) is 15.0. The van der Waals surface area contributed by atoms with Crippen LogP contribution in [0.15, 0.2) is 36.8 Å². The second-order valence-corrected chi connectivity index (χ2v) is 6.06. The van der Waals surface area contributed by atoms with Crippen LogP contribution in [0, 0.1) is 0 Å². The van der Waals surface area contributed by atoms with E-state index in [0.29, 0.717) is 5.88 Å². The van der Waals surface area contributed by atoms with E-state index in [9.17, 15) is 0 Å². The molecule has 0 atom stereocenters. The molecule has 0 saturated carbocycles. The fourth-order valence-electron chi connectivity index (χ4n) is 2.16. The normalized spacial score (nSPS) is 11.8. The first kappa shape index (κ1) is 13.5. The van der Waals surface area contributed by atoms with Crippen LogP contribution in [0.1, 0.15) is 26.3 Å². The van der Waals surface area contributed by atoms with Crippen molar-refractivity contribution in [1.29, 1.82) is 0 Å². The van der Waals surface area contributed by atoms with Gasteiger partial charge in [-0.1, -0.05) is 32.9 Å². The van der Waals surface area contributed by atoms with E-state index >= 15 is 0 Å². The number of fused-ring (bicyclic) bond motifs is 1. The number of hydrogen-bond acceptors (Lipinski definition) is 4. The number of hydrogen-bond donors (Lipinski definition) is 0. The maximum absolute atomic E-state index is 5.94. The molecular formula is C16H18N4O. The molecule has 0 aliphatic carbocycles. The Labute approximate surface area is 123 Å². The van der Waals surface area contributed by atoms with Gasteiger partial charge in [0.25, 0.3) is 0 Å². The van der Waals surface area contributed by atoms with Gasteiger partial charge in [0.05, 0.1) is 6.20 Å². The number of rotatable bonds is 2. The van der Waals surface area contributed by atoms with Crippen LogP contribution in [0.5, 0.6) is 11.6 Å². The Morgan fingerprint density at radius 3 is 2.71 bits per heavy atom. The number of ether oxygens (including phenoxy) is 1. The molecule has 3 aromatic rings. The number of aromatic nitrogens is 4. The Morgan fingerprint density at radius 2 is 1.95 bits per heavy atom. The van der Waals surface area contributed by atoms with Gasteiger partial charge < -0.3 is 4.74 Å². The molecule has 21 heavy (non-hydrogen) atoms. The Hall–Kier alpha value is -2.43. The highest BCUT2D eigenvalue weighted by atomic mass is 16.5. The fraction of sp³-hybridized carbons (Fsp3) is 0.312. The number of aryl methyl sites for hydroxylation is 1. The standard InChI is InChI=1S/C16H18N4O/c1-16(2,3)11-6-5-7-12(8-11)21-15-13-9-19-20(4)14(13)17-10-18-15/h5-10H,1-4H3. The lowest BCUT2D eigenvalue weighted by molar-refractivity contribution is 0.464. The van der Waals surface area contributed by atoms with Gasteiger partial charge in [0.15, 0.2) is 5.65 Å². The van der Waals surface area contributed by atoms with Crippen LogP contribution in [0.25, 0.3) is 11.0 Å². The maximum Gasteiger partial charge on any atom is 0.233 e. The van der Waals surface area contributed by atoms with Gasteiger partial charge in [-0.05, 0) is 23.1 Å². The largest absolute Gasteiger partial charge is 0.438 e. The molecule has 0 unspecified atom stereocenters. The number of benzene rings is 1. The smallest absolute Gasteiger partial charge is 0.233 e. The lowest BCUT2D eigenvalue weighted by Crippen LogP contribution is -2.10. The van der Waals surface area contributed by atoms with Gasteiger partial charge in [0.1, 0.15) is 17.5 Å². The van der Waals surface area contributed by atoms with Gasteiger partial charge in [0.2, 0.25) is 5.88 Å². The van der Waals surface area contributed by atoms with E-state index in [4.69, 9.17) is 4.74 Å². The lowest BCUT2D eigenvalue weighted by atomic mass is 9.87. The third kappa shape index (κ3) is 2.59. The van der Waals surface area contributed by atoms with Gasteiger partial charge in [-0.2, -0.15) is 5.10 Å². The first-order valence-electron chi connectivity index (χ1n) is 6.86. The van der Waals surface area contributed by atoms with Crippen molar-refractivity contribution in [1.82, 2.24) is 19.7 Å². The van der Waals surface area contributed by atoms with Crippen LogP contribution in [0.2, 0.25) is 0 Å². The molecule has 108 valence electrons. The summed E-state index contributed by atoms with van der Waals surface area (Å²) in [4.78, 5) is 8.43. The monoisotopic (exact) mass is 282 g/mol. The zero-order valence-corrected chi connectivity index (χ0v) is 12.7. The predicted octanol–water partition coefficient (Wildman–Crippen LogP) is 3.45. The first-order chi connectivity index (χ1) is 9.95. The molecule has 3 rings (SSSR count). The molecule has 1 aromatic carbocycles. The van der Waals surface area contributed by atoms with E-state index in [0.717, 1.165) is 16.8 Å². The van der Waals surface area contributed by atoms with Crippen LogP contribution >= 0.6 is 0 Å². The van der Waals surface area contributed by atoms with E-state index in [1.807, 2.05) is 25.2 Å². The molecule has 0 saturated heterocycles. The van der Waals surface area contributed by atoms with E-state index in [1.54, 1.807) is 10.9 Å². The highest BCUT2D eigenvalue weighted by Crippen LogP contribution is 2.30. The summed E-state index contributed by atoms with van der Waals surface area (Å²) in [5.41, 5.74) is 2.05. The molecule has 0 bridgehead atoms. The third-order valence-corrected chi connectivity index (χ3v) is 3.41. The Kier molecular flexibility index (Phi) is 3.12. The SMILES string of the molecule is Cn1ncc2c(Oc3cccc(C(C)(C)C)c3)ncnc21. The summed E-state index contributed by atoms with van der Waals surface area (Å²) in [6, 6.07) is 8.08. The summed E-state index contributed by atoms with van der Waals surface area (Å²) in [5, 5.41) is 5.00. The van der Waals surface area contributed by atoms with Crippen molar-refractivity contribution in [2.24, 2.45) is 7.05 Å². The van der Waals surface area contributed by atoms with Crippen LogP contribution in [-0.2, 0) is 12.5 Å². The van der Waals surface area contributed by atoms with Crippen molar-refractivity contribution in [3.05, 3.63) is 42.4 Å². The summed E-state index contributed by atoms with van der Waals surface area (Å²) in [6.07, 6.45) is 3.21. The Morgan fingerprint density at radius 1 is 1.14 bits per heavy atom. The molecule has 0 aliphatic rings. The summed E-state index contributed by atoms with van der Waals surface area (Å²) in [7, 11) is 1.85. The van der Waals surface area contributed by atoms with Gasteiger partial charge in [0, 0.05) is 7.05 Å². The van der Waals surface area contributed by atoms with E-state index in [1.165, 1.54) is 11.9 Å². The Bertz CT molecular complexity index is 786. The summed E-state index contributed by atoms with van der Waals surface area (Å²) >= 11 is 0. The minimum Gasteiger partial charge on any atom is -0.438 e. The summed E-state index contributed by atoms with van der Waals surface area (Å²) < 4.78 is 7.64. The van der Waals surface area contributed by atoms with E-state index in [2.05, 4.69) is 41.9 Å². The third-order valence-electron chi connectivity index (χ3n) is 3.41. The first-order valence-corrected chi connectivity index (χ1v) is 6.86. The molecule has 5 heteroatoms. The van der Waals surface area contributed by atoms with Crippen molar-refractivity contribution in [2.75, 3.05) is 0 Å². The minimum atomic E-state index is 0.0780. The van der Waals surface area contributed by atoms with Crippen LogP contribution in [-0.4, -0.2) is 19.7 Å². The predicted molar refractivity (Wildman–Crippen MR) is 81.5 cm³/mol.